The smallest absolute Gasteiger partial charge is 0.252 e. The summed E-state index contributed by atoms with van der Waals surface area (Å²) >= 11 is 6.12. The van der Waals surface area contributed by atoms with Gasteiger partial charge in [0, 0.05) is 10.6 Å². The van der Waals surface area contributed by atoms with Crippen LogP contribution in [-0.4, -0.2) is 18.6 Å². The Labute approximate surface area is 125 Å². The molecule has 0 unspecified atom stereocenters. The molecule has 0 atom stereocenters. The zero-order valence-electron chi connectivity index (χ0n) is 12.6. The van der Waals surface area contributed by atoms with Gasteiger partial charge in [-0.15, -0.1) is 0 Å². The standard InChI is InChI=1S/C16H20ClNO2/c1-6-10-7-11(17)8-12(20-5)14(10)13-9(2)16(3,4)18-15(13)19/h7-8H,6H2,1-5H3,(H,18,19). The normalized spacial score (nSPS) is 17.4. The Morgan fingerprint density at radius 2 is 2.00 bits per heavy atom. The van der Waals surface area contributed by atoms with Crippen molar-refractivity contribution in [2.24, 2.45) is 0 Å². The summed E-state index contributed by atoms with van der Waals surface area (Å²) in [5.74, 6) is 0.597. The van der Waals surface area contributed by atoms with E-state index in [1.54, 1.807) is 13.2 Å². The molecule has 1 aliphatic rings. The van der Waals surface area contributed by atoms with E-state index >= 15 is 0 Å². The summed E-state index contributed by atoms with van der Waals surface area (Å²) in [6.07, 6.45) is 0.788. The third-order valence-electron chi connectivity index (χ3n) is 3.97. The number of carbonyl (C=O) groups excluding carboxylic acids is 1. The summed E-state index contributed by atoms with van der Waals surface area (Å²) in [5, 5.41) is 3.63. The van der Waals surface area contributed by atoms with E-state index in [0.717, 1.165) is 23.1 Å². The highest BCUT2D eigenvalue weighted by Gasteiger charge is 2.37. The topological polar surface area (TPSA) is 38.3 Å². The lowest BCUT2D eigenvalue weighted by Crippen LogP contribution is -2.37. The van der Waals surface area contributed by atoms with Crippen LogP contribution in [0, 0.1) is 0 Å². The third kappa shape index (κ3) is 2.31. The molecule has 0 aliphatic carbocycles. The van der Waals surface area contributed by atoms with Gasteiger partial charge in [0.15, 0.2) is 0 Å². The van der Waals surface area contributed by atoms with Crippen molar-refractivity contribution < 1.29 is 9.53 Å². The molecule has 0 fully saturated rings. The van der Waals surface area contributed by atoms with Crippen LogP contribution >= 0.6 is 11.6 Å². The minimum atomic E-state index is -0.331. The van der Waals surface area contributed by atoms with Crippen LogP contribution in [-0.2, 0) is 11.2 Å². The van der Waals surface area contributed by atoms with Crippen molar-refractivity contribution in [2.45, 2.75) is 39.7 Å². The van der Waals surface area contributed by atoms with Crippen LogP contribution < -0.4 is 10.1 Å². The van der Waals surface area contributed by atoms with E-state index in [1.807, 2.05) is 33.8 Å². The SMILES string of the molecule is CCc1cc(Cl)cc(OC)c1C1=C(C)C(C)(C)NC1=O. The van der Waals surface area contributed by atoms with Crippen LogP contribution in [0.5, 0.6) is 5.75 Å². The molecule has 2 rings (SSSR count). The average molecular weight is 294 g/mol. The number of hydrogen-bond donors (Lipinski definition) is 1. The molecule has 0 saturated carbocycles. The van der Waals surface area contributed by atoms with Gasteiger partial charge >= 0.3 is 0 Å². The molecule has 0 aromatic heterocycles. The monoisotopic (exact) mass is 293 g/mol. The van der Waals surface area contributed by atoms with Gasteiger partial charge in [0.05, 0.1) is 18.2 Å². The first kappa shape index (κ1) is 14.9. The molecular weight excluding hydrogens is 274 g/mol. The molecule has 1 aromatic carbocycles. The number of carbonyl (C=O) groups is 1. The molecular formula is C16H20ClNO2. The molecule has 1 aromatic rings. The number of halogens is 1. The molecule has 0 radical (unpaired) electrons. The van der Waals surface area contributed by atoms with E-state index in [9.17, 15) is 4.79 Å². The van der Waals surface area contributed by atoms with Gasteiger partial charge in [-0.05, 0) is 50.5 Å². The molecule has 0 bridgehead atoms. The number of aryl methyl sites for hydroxylation is 1. The van der Waals surface area contributed by atoms with Crippen molar-refractivity contribution in [1.29, 1.82) is 0 Å². The van der Waals surface area contributed by atoms with Gasteiger partial charge < -0.3 is 10.1 Å². The molecule has 1 heterocycles. The first-order chi connectivity index (χ1) is 9.31. The Hall–Kier alpha value is -1.48. The Balaban J connectivity index is 2.75. The second kappa shape index (κ2) is 5.13. The largest absolute Gasteiger partial charge is 0.496 e. The average Bonchev–Trinajstić information content (AvgIpc) is 2.58. The van der Waals surface area contributed by atoms with Gasteiger partial charge in [0.1, 0.15) is 5.75 Å². The lowest BCUT2D eigenvalue weighted by molar-refractivity contribution is -0.115. The molecule has 1 aliphatic heterocycles. The Bertz CT molecular complexity index is 577. The number of hydrogen-bond acceptors (Lipinski definition) is 2. The van der Waals surface area contributed by atoms with E-state index in [2.05, 4.69) is 5.32 Å². The fourth-order valence-corrected chi connectivity index (χ4v) is 2.81. The minimum absolute atomic E-state index is 0.0529. The maximum atomic E-state index is 12.4. The fourth-order valence-electron chi connectivity index (χ4n) is 2.58. The quantitative estimate of drug-likeness (QED) is 0.925. The third-order valence-corrected chi connectivity index (χ3v) is 4.18. The van der Waals surface area contributed by atoms with Crippen LogP contribution in [0.15, 0.2) is 17.7 Å². The van der Waals surface area contributed by atoms with E-state index in [-0.39, 0.29) is 11.4 Å². The van der Waals surface area contributed by atoms with Crippen molar-refractivity contribution >= 4 is 23.1 Å². The molecule has 1 N–H and O–H groups in total. The summed E-state index contributed by atoms with van der Waals surface area (Å²) in [4.78, 5) is 12.4. The number of benzene rings is 1. The van der Waals surface area contributed by atoms with Crippen molar-refractivity contribution in [3.63, 3.8) is 0 Å². The highest BCUT2D eigenvalue weighted by atomic mass is 35.5. The van der Waals surface area contributed by atoms with Crippen molar-refractivity contribution in [1.82, 2.24) is 5.32 Å². The zero-order valence-corrected chi connectivity index (χ0v) is 13.3. The van der Waals surface area contributed by atoms with E-state index in [4.69, 9.17) is 16.3 Å². The van der Waals surface area contributed by atoms with Crippen LogP contribution in [0.1, 0.15) is 38.8 Å². The predicted octanol–water partition coefficient (Wildman–Crippen LogP) is 3.59. The summed E-state index contributed by atoms with van der Waals surface area (Å²) in [6.45, 7) is 8.03. The number of amides is 1. The summed E-state index contributed by atoms with van der Waals surface area (Å²) in [5.41, 5.74) is 3.29. The first-order valence-electron chi connectivity index (χ1n) is 6.72. The number of nitrogens with one attached hydrogen (secondary N) is 1. The molecule has 0 spiro atoms. The van der Waals surface area contributed by atoms with Crippen LogP contribution in [0.2, 0.25) is 5.02 Å². The number of methoxy groups -OCH3 is 1. The van der Waals surface area contributed by atoms with Gasteiger partial charge in [0.2, 0.25) is 0 Å². The fraction of sp³-hybridized carbons (Fsp3) is 0.438. The second-order valence-electron chi connectivity index (χ2n) is 5.57. The predicted molar refractivity (Wildman–Crippen MR) is 82.2 cm³/mol. The van der Waals surface area contributed by atoms with Gasteiger partial charge in [-0.3, -0.25) is 4.79 Å². The highest BCUT2D eigenvalue weighted by molar-refractivity contribution is 6.31. The summed E-state index contributed by atoms with van der Waals surface area (Å²) in [7, 11) is 1.60. The molecule has 20 heavy (non-hydrogen) atoms. The lowest BCUT2D eigenvalue weighted by Gasteiger charge is -2.20. The van der Waals surface area contributed by atoms with Crippen molar-refractivity contribution in [3.05, 3.63) is 33.9 Å². The van der Waals surface area contributed by atoms with E-state index in [0.29, 0.717) is 16.3 Å². The number of ether oxygens (including phenoxy) is 1. The Kier molecular flexibility index (Phi) is 3.83. The van der Waals surface area contributed by atoms with Gasteiger partial charge in [-0.1, -0.05) is 18.5 Å². The van der Waals surface area contributed by atoms with Gasteiger partial charge in [0.25, 0.3) is 5.91 Å². The molecule has 0 saturated heterocycles. The summed E-state index contributed by atoms with van der Waals surface area (Å²) < 4.78 is 5.45. The van der Waals surface area contributed by atoms with Crippen molar-refractivity contribution in [2.75, 3.05) is 7.11 Å². The summed E-state index contributed by atoms with van der Waals surface area (Å²) in [6, 6.07) is 3.66. The highest BCUT2D eigenvalue weighted by Crippen LogP contribution is 2.40. The zero-order chi connectivity index (χ0) is 15.1. The van der Waals surface area contributed by atoms with Gasteiger partial charge in [-0.25, -0.2) is 0 Å². The van der Waals surface area contributed by atoms with E-state index < -0.39 is 0 Å². The molecule has 3 nitrogen and oxygen atoms in total. The van der Waals surface area contributed by atoms with Crippen LogP contribution in [0.4, 0.5) is 0 Å². The lowest BCUT2D eigenvalue weighted by atomic mass is 9.89. The molecule has 4 heteroatoms. The van der Waals surface area contributed by atoms with Crippen LogP contribution in [0.25, 0.3) is 5.57 Å². The van der Waals surface area contributed by atoms with E-state index in [1.165, 1.54) is 0 Å². The first-order valence-corrected chi connectivity index (χ1v) is 7.10. The minimum Gasteiger partial charge on any atom is -0.496 e. The molecule has 108 valence electrons. The second-order valence-corrected chi connectivity index (χ2v) is 6.01. The maximum Gasteiger partial charge on any atom is 0.252 e. The van der Waals surface area contributed by atoms with Crippen molar-refractivity contribution in [3.8, 4) is 5.75 Å². The number of rotatable bonds is 3. The Morgan fingerprint density at radius 1 is 1.35 bits per heavy atom. The molecule has 1 amide bonds. The van der Waals surface area contributed by atoms with Crippen LogP contribution in [0.3, 0.4) is 0 Å². The van der Waals surface area contributed by atoms with Gasteiger partial charge in [-0.2, -0.15) is 0 Å². The Morgan fingerprint density at radius 3 is 2.45 bits per heavy atom. The maximum absolute atomic E-state index is 12.4.